The van der Waals surface area contributed by atoms with E-state index in [1.807, 2.05) is 18.9 Å². The number of hydrogen-bond donors (Lipinski definition) is 1. The highest BCUT2D eigenvalue weighted by Gasteiger charge is 2.18. The summed E-state index contributed by atoms with van der Waals surface area (Å²) in [6.07, 6.45) is 3.95. The van der Waals surface area contributed by atoms with Gasteiger partial charge in [0, 0.05) is 27.1 Å². The molecule has 1 rings (SSSR count). The Hall–Kier alpha value is -0.610. The summed E-state index contributed by atoms with van der Waals surface area (Å²) in [6, 6.07) is 0. The van der Waals surface area contributed by atoms with E-state index in [2.05, 4.69) is 5.32 Å². The highest BCUT2D eigenvalue weighted by Crippen LogP contribution is 2.13. The van der Waals surface area contributed by atoms with Crippen LogP contribution in [-0.2, 0) is 9.53 Å². The first-order valence-electron chi connectivity index (χ1n) is 6.61. The van der Waals surface area contributed by atoms with E-state index in [0.717, 1.165) is 26.1 Å². The lowest BCUT2D eigenvalue weighted by molar-refractivity contribution is -0.131. The van der Waals surface area contributed by atoms with Gasteiger partial charge >= 0.3 is 0 Å². The molecule has 1 heterocycles. The van der Waals surface area contributed by atoms with Crippen molar-refractivity contribution in [1.29, 1.82) is 0 Å². The quantitative estimate of drug-likeness (QED) is 0.762. The van der Waals surface area contributed by atoms with Crippen molar-refractivity contribution in [2.24, 2.45) is 5.92 Å². The van der Waals surface area contributed by atoms with Crippen LogP contribution in [0.25, 0.3) is 0 Å². The molecule has 0 radical (unpaired) electrons. The average molecular weight is 242 g/mol. The number of hydrogen-bond acceptors (Lipinski definition) is 3. The van der Waals surface area contributed by atoms with Gasteiger partial charge in [0.05, 0.1) is 6.10 Å². The number of ether oxygens (including phenoxy) is 1. The third-order valence-corrected chi connectivity index (χ3v) is 3.58. The molecule has 1 amide bonds. The Morgan fingerprint density at radius 3 is 2.71 bits per heavy atom. The van der Waals surface area contributed by atoms with Gasteiger partial charge < -0.3 is 15.0 Å². The van der Waals surface area contributed by atoms with E-state index in [-0.39, 0.29) is 12.0 Å². The molecule has 0 aromatic carbocycles. The molecule has 1 atom stereocenters. The second-order valence-corrected chi connectivity index (χ2v) is 5.05. The van der Waals surface area contributed by atoms with E-state index in [9.17, 15) is 4.79 Å². The number of carbonyl (C=O) groups excluding carboxylic acids is 1. The minimum atomic E-state index is 0.172. The van der Waals surface area contributed by atoms with Crippen LogP contribution in [0.5, 0.6) is 0 Å². The summed E-state index contributed by atoms with van der Waals surface area (Å²) in [7, 11) is 3.61. The van der Waals surface area contributed by atoms with E-state index in [0.29, 0.717) is 12.3 Å². The van der Waals surface area contributed by atoms with E-state index in [4.69, 9.17) is 4.74 Å². The third-order valence-electron chi connectivity index (χ3n) is 3.58. The Morgan fingerprint density at radius 1 is 1.47 bits per heavy atom. The molecule has 0 saturated carbocycles. The molecule has 4 heteroatoms. The van der Waals surface area contributed by atoms with Crippen molar-refractivity contribution in [3.05, 3.63) is 0 Å². The molecule has 1 saturated heterocycles. The van der Waals surface area contributed by atoms with Gasteiger partial charge in [-0.3, -0.25) is 4.79 Å². The van der Waals surface area contributed by atoms with Gasteiger partial charge in [-0.15, -0.1) is 0 Å². The molecule has 0 aliphatic carbocycles. The molecular formula is C13H26N2O2. The van der Waals surface area contributed by atoms with E-state index in [1.54, 1.807) is 7.11 Å². The molecule has 1 aliphatic rings. The molecule has 100 valence electrons. The Kier molecular flexibility index (Phi) is 6.52. The summed E-state index contributed by atoms with van der Waals surface area (Å²) in [5.41, 5.74) is 0. The summed E-state index contributed by atoms with van der Waals surface area (Å²) >= 11 is 0. The molecule has 1 fully saturated rings. The SMILES string of the molecule is COC(C)CCC(=O)N(C)CC1CCNCC1. The first kappa shape index (κ1) is 14.5. The fraction of sp³-hybridized carbons (Fsp3) is 0.923. The standard InChI is InChI=1S/C13H26N2O2/c1-11(17-3)4-5-13(16)15(2)10-12-6-8-14-9-7-12/h11-12,14H,4-10H2,1-3H3. The van der Waals surface area contributed by atoms with Crippen molar-refractivity contribution >= 4 is 5.91 Å². The van der Waals surface area contributed by atoms with Gasteiger partial charge in [-0.1, -0.05) is 0 Å². The number of rotatable bonds is 6. The number of carbonyl (C=O) groups is 1. The second-order valence-electron chi connectivity index (χ2n) is 5.05. The smallest absolute Gasteiger partial charge is 0.222 e. The van der Waals surface area contributed by atoms with Gasteiger partial charge in [0.15, 0.2) is 0 Å². The van der Waals surface area contributed by atoms with Crippen LogP contribution in [0.2, 0.25) is 0 Å². The average Bonchev–Trinajstić information content (AvgIpc) is 2.36. The van der Waals surface area contributed by atoms with Crippen LogP contribution < -0.4 is 5.32 Å². The van der Waals surface area contributed by atoms with Crippen LogP contribution in [0.3, 0.4) is 0 Å². The van der Waals surface area contributed by atoms with Crippen LogP contribution in [0.1, 0.15) is 32.6 Å². The number of nitrogens with one attached hydrogen (secondary N) is 1. The Morgan fingerprint density at radius 2 is 2.12 bits per heavy atom. The molecule has 0 spiro atoms. The maximum Gasteiger partial charge on any atom is 0.222 e. The van der Waals surface area contributed by atoms with Gasteiger partial charge in [0.1, 0.15) is 0 Å². The van der Waals surface area contributed by atoms with Gasteiger partial charge in [-0.05, 0) is 45.2 Å². The minimum absolute atomic E-state index is 0.172. The van der Waals surface area contributed by atoms with Crippen LogP contribution >= 0.6 is 0 Å². The number of methoxy groups -OCH3 is 1. The molecule has 1 aliphatic heterocycles. The second kappa shape index (κ2) is 7.67. The first-order valence-corrected chi connectivity index (χ1v) is 6.61. The molecule has 0 aromatic rings. The Bertz CT molecular complexity index is 227. The molecule has 4 nitrogen and oxygen atoms in total. The lowest BCUT2D eigenvalue weighted by Gasteiger charge is -2.27. The zero-order chi connectivity index (χ0) is 12.7. The lowest BCUT2D eigenvalue weighted by Crippen LogP contribution is -2.37. The minimum Gasteiger partial charge on any atom is -0.382 e. The van der Waals surface area contributed by atoms with E-state index < -0.39 is 0 Å². The molecule has 0 bridgehead atoms. The maximum absolute atomic E-state index is 11.9. The molecule has 0 aromatic heterocycles. The summed E-state index contributed by atoms with van der Waals surface area (Å²) in [5.74, 6) is 0.914. The highest BCUT2D eigenvalue weighted by atomic mass is 16.5. The van der Waals surface area contributed by atoms with Crippen LogP contribution in [-0.4, -0.2) is 50.7 Å². The fourth-order valence-corrected chi connectivity index (χ4v) is 2.19. The maximum atomic E-state index is 11.9. The molecule has 17 heavy (non-hydrogen) atoms. The van der Waals surface area contributed by atoms with Gasteiger partial charge in [0.2, 0.25) is 5.91 Å². The highest BCUT2D eigenvalue weighted by molar-refractivity contribution is 5.75. The van der Waals surface area contributed by atoms with Crippen LogP contribution in [0, 0.1) is 5.92 Å². The summed E-state index contributed by atoms with van der Waals surface area (Å²) in [5, 5.41) is 3.34. The van der Waals surface area contributed by atoms with Crippen molar-refractivity contribution < 1.29 is 9.53 Å². The van der Waals surface area contributed by atoms with Gasteiger partial charge in [0.25, 0.3) is 0 Å². The Balaban J connectivity index is 2.21. The lowest BCUT2D eigenvalue weighted by atomic mass is 9.97. The van der Waals surface area contributed by atoms with E-state index in [1.165, 1.54) is 12.8 Å². The van der Waals surface area contributed by atoms with Gasteiger partial charge in [-0.25, -0.2) is 0 Å². The largest absolute Gasteiger partial charge is 0.382 e. The van der Waals surface area contributed by atoms with Crippen molar-refractivity contribution in [3.63, 3.8) is 0 Å². The van der Waals surface area contributed by atoms with Crippen molar-refractivity contribution in [2.75, 3.05) is 33.8 Å². The predicted molar refractivity (Wildman–Crippen MR) is 68.9 cm³/mol. The predicted octanol–water partition coefficient (Wildman–Crippen LogP) is 1.26. The number of amides is 1. The molecule has 1 unspecified atom stereocenters. The first-order chi connectivity index (χ1) is 8.13. The third kappa shape index (κ3) is 5.50. The Labute approximate surface area is 105 Å². The van der Waals surface area contributed by atoms with Crippen LogP contribution in [0.15, 0.2) is 0 Å². The number of piperidine rings is 1. The summed E-state index contributed by atoms with van der Waals surface area (Å²) < 4.78 is 5.15. The number of nitrogens with zero attached hydrogens (tertiary/aromatic N) is 1. The van der Waals surface area contributed by atoms with E-state index >= 15 is 0 Å². The zero-order valence-electron chi connectivity index (χ0n) is 11.4. The molecule has 1 N–H and O–H groups in total. The normalized spacial score (nSPS) is 19.0. The topological polar surface area (TPSA) is 41.6 Å². The van der Waals surface area contributed by atoms with Gasteiger partial charge in [-0.2, -0.15) is 0 Å². The molecular weight excluding hydrogens is 216 g/mol. The summed E-state index contributed by atoms with van der Waals surface area (Å²) in [4.78, 5) is 13.8. The van der Waals surface area contributed by atoms with Crippen LogP contribution in [0.4, 0.5) is 0 Å². The van der Waals surface area contributed by atoms with Crippen molar-refractivity contribution in [2.45, 2.75) is 38.7 Å². The van der Waals surface area contributed by atoms with Crippen molar-refractivity contribution in [1.82, 2.24) is 10.2 Å². The zero-order valence-corrected chi connectivity index (χ0v) is 11.4. The fourth-order valence-electron chi connectivity index (χ4n) is 2.19. The van der Waals surface area contributed by atoms with Crippen molar-refractivity contribution in [3.8, 4) is 0 Å². The monoisotopic (exact) mass is 242 g/mol. The summed E-state index contributed by atoms with van der Waals surface area (Å²) in [6.45, 7) is 5.09.